The molecule has 0 aromatic carbocycles. The van der Waals surface area contributed by atoms with Crippen LogP contribution < -0.4 is 5.32 Å². The van der Waals surface area contributed by atoms with Crippen molar-refractivity contribution in [1.29, 1.82) is 0 Å². The summed E-state index contributed by atoms with van der Waals surface area (Å²) in [5.41, 5.74) is 0. The summed E-state index contributed by atoms with van der Waals surface area (Å²) in [6.45, 7) is 7.53. The Kier molecular flexibility index (Phi) is 5.41. The number of aromatic nitrogens is 2. The van der Waals surface area contributed by atoms with Crippen LogP contribution in [0.25, 0.3) is 10.2 Å². The minimum Gasteiger partial charge on any atom is -0.365 e. The molecule has 0 saturated carbocycles. The van der Waals surface area contributed by atoms with Gasteiger partial charge in [-0.05, 0) is 44.1 Å². The summed E-state index contributed by atoms with van der Waals surface area (Å²) in [6.07, 6.45) is 1.00. The van der Waals surface area contributed by atoms with E-state index in [1.165, 1.54) is 4.88 Å². The van der Waals surface area contributed by atoms with Crippen LogP contribution >= 0.6 is 22.9 Å². The quantitative estimate of drug-likeness (QED) is 0.817. The van der Waals surface area contributed by atoms with Gasteiger partial charge in [-0.3, -0.25) is 0 Å². The second kappa shape index (κ2) is 6.90. The van der Waals surface area contributed by atoms with Crippen LogP contribution in [0.4, 0.5) is 5.82 Å². The highest BCUT2D eigenvalue weighted by Gasteiger charge is 2.18. The van der Waals surface area contributed by atoms with Crippen molar-refractivity contribution in [3.63, 3.8) is 0 Å². The molecule has 4 nitrogen and oxygen atoms in total. The molecule has 21 heavy (non-hydrogen) atoms. The molecule has 116 valence electrons. The fraction of sp³-hybridized carbons (Fsp3) is 0.600. The predicted molar refractivity (Wildman–Crippen MR) is 92.6 cm³/mol. The van der Waals surface area contributed by atoms with Gasteiger partial charge in [0.05, 0.1) is 5.39 Å². The van der Waals surface area contributed by atoms with Crippen molar-refractivity contribution in [2.75, 3.05) is 26.0 Å². The SMILES string of the molecule is CCc1cc2c(NC(CN(C)C)C(C)C)nc(Cl)nc2s1. The first kappa shape index (κ1) is 16.5. The first-order chi connectivity index (χ1) is 9.90. The van der Waals surface area contributed by atoms with Crippen LogP contribution in [-0.4, -0.2) is 41.5 Å². The van der Waals surface area contributed by atoms with Gasteiger partial charge in [0.25, 0.3) is 0 Å². The van der Waals surface area contributed by atoms with Gasteiger partial charge in [0.15, 0.2) is 0 Å². The van der Waals surface area contributed by atoms with E-state index in [1.54, 1.807) is 11.3 Å². The van der Waals surface area contributed by atoms with Gasteiger partial charge < -0.3 is 10.2 Å². The van der Waals surface area contributed by atoms with Crippen molar-refractivity contribution in [2.45, 2.75) is 33.2 Å². The predicted octanol–water partition coefficient (Wildman–Crippen LogP) is 3.91. The molecule has 0 aliphatic heterocycles. The lowest BCUT2D eigenvalue weighted by Gasteiger charge is -2.26. The van der Waals surface area contributed by atoms with Crippen LogP contribution in [-0.2, 0) is 6.42 Å². The second-order valence-corrected chi connectivity index (χ2v) is 7.34. The van der Waals surface area contributed by atoms with Crippen molar-refractivity contribution in [1.82, 2.24) is 14.9 Å². The summed E-state index contributed by atoms with van der Waals surface area (Å²) in [7, 11) is 4.17. The molecule has 1 N–H and O–H groups in total. The molecule has 0 radical (unpaired) electrons. The number of likely N-dealkylation sites (N-methyl/N-ethyl adjacent to an activating group) is 1. The van der Waals surface area contributed by atoms with E-state index in [-0.39, 0.29) is 0 Å². The Hall–Kier alpha value is -0.910. The monoisotopic (exact) mass is 326 g/mol. The molecule has 0 saturated heterocycles. The van der Waals surface area contributed by atoms with Crippen molar-refractivity contribution >= 4 is 39.0 Å². The minimum atomic E-state index is 0.307. The number of hydrogen-bond acceptors (Lipinski definition) is 5. The summed E-state index contributed by atoms with van der Waals surface area (Å²) in [5.74, 6) is 1.35. The number of aryl methyl sites for hydroxylation is 1. The van der Waals surface area contributed by atoms with Gasteiger partial charge in [0.2, 0.25) is 5.28 Å². The molecule has 0 bridgehead atoms. The van der Waals surface area contributed by atoms with Gasteiger partial charge in [0.1, 0.15) is 10.6 Å². The normalized spacial score (nSPS) is 13.3. The first-order valence-electron chi connectivity index (χ1n) is 7.28. The molecule has 6 heteroatoms. The highest BCUT2D eigenvalue weighted by molar-refractivity contribution is 7.18. The summed E-state index contributed by atoms with van der Waals surface area (Å²) >= 11 is 7.77. The number of thiophene rings is 1. The molecule has 0 aliphatic carbocycles. The van der Waals surface area contributed by atoms with E-state index in [1.807, 2.05) is 0 Å². The van der Waals surface area contributed by atoms with Crippen molar-refractivity contribution in [3.8, 4) is 0 Å². The zero-order chi connectivity index (χ0) is 15.6. The fourth-order valence-corrected chi connectivity index (χ4v) is 3.41. The zero-order valence-corrected chi connectivity index (χ0v) is 14.8. The maximum Gasteiger partial charge on any atom is 0.225 e. The van der Waals surface area contributed by atoms with E-state index in [0.29, 0.717) is 17.2 Å². The molecular formula is C15H23ClN4S. The third-order valence-electron chi connectivity index (χ3n) is 3.45. The molecule has 0 fully saturated rings. The highest BCUT2D eigenvalue weighted by atomic mass is 35.5. The van der Waals surface area contributed by atoms with E-state index >= 15 is 0 Å². The summed E-state index contributed by atoms with van der Waals surface area (Å²) in [5, 5.41) is 4.94. The molecule has 1 unspecified atom stereocenters. The molecular weight excluding hydrogens is 304 g/mol. The lowest BCUT2D eigenvalue weighted by molar-refractivity contribution is 0.344. The Balaban J connectivity index is 2.37. The molecule has 2 aromatic rings. The molecule has 1 atom stereocenters. The number of hydrogen-bond donors (Lipinski definition) is 1. The van der Waals surface area contributed by atoms with Crippen molar-refractivity contribution < 1.29 is 0 Å². The van der Waals surface area contributed by atoms with E-state index in [4.69, 9.17) is 11.6 Å². The molecule has 2 heterocycles. The number of nitrogens with one attached hydrogen (secondary N) is 1. The Morgan fingerprint density at radius 1 is 1.33 bits per heavy atom. The van der Waals surface area contributed by atoms with Crippen molar-refractivity contribution in [2.24, 2.45) is 5.92 Å². The van der Waals surface area contributed by atoms with Crippen LogP contribution in [0.5, 0.6) is 0 Å². The van der Waals surface area contributed by atoms with Crippen LogP contribution in [0.3, 0.4) is 0 Å². The summed E-state index contributed by atoms with van der Waals surface area (Å²) in [4.78, 5) is 13.2. The van der Waals surface area contributed by atoms with Crippen molar-refractivity contribution in [3.05, 3.63) is 16.2 Å². The van der Waals surface area contributed by atoms with Crippen LogP contribution in [0.1, 0.15) is 25.6 Å². The Morgan fingerprint density at radius 2 is 2.05 bits per heavy atom. The lowest BCUT2D eigenvalue weighted by atomic mass is 10.0. The molecule has 0 spiro atoms. The summed E-state index contributed by atoms with van der Waals surface area (Å²) in [6, 6.07) is 2.49. The van der Waals surface area contributed by atoms with Gasteiger partial charge in [-0.15, -0.1) is 11.3 Å². The Bertz CT molecular complexity index is 609. The topological polar surface area (TPSA) is 41.0 Å². The number of nitrogens with zero attached hydrogens (tertiary/aromatic N) is 3. The number of anilines is 1. The maximum absolute atomic E-state index is 6.08. The largest absolute Gasteiger partial charge is 0.365 e. The molecule has 2 aromatic heterocycles. The van der Waals surface area contributed by atoms with E-state index in [9.17, 15) is 0 Å². The smallest absolute Gasteiger partial charge is 0.225 e. The molecule has 0 amide bonds. The van der Waals surface area contributed by atoms with Gasteiger partial charge in [-0.2, -0.15) is 0 Å². The van der Waals surface area contributed by atoms with Gasteiger partial charge in [-0.25, -0.2) is 9.97 Å². The van der Waals surface area contributed by atoms with E-state index in [0.717, 1.165) is 29.0 Å². The van der Waals surface area contributed by atoms with Gasteiger partial charge in [0, 0.05) is 17.5 Å². The summed E-state index contributed by atoms with van der Waals surface area (Å²) < 4.78 is 0. The van der Waals surface area contributed by atoms with E-state index < -0.39 is 0 Å². The standard InChI is InChI=1S/C15H23ClN4S/c1-6-10-7-11-13(18-15(16)19-14(11)21-10)17-12(9(2)3)8-20(4)5/h7,9,12H,6,8H2,1-5H3,(H,17,18,19). The Morgan fingerprint density at radius 3 is 2.62 bits per heavy atom. The maximum atomic E-state index is 6.08. The van der Waals surface area contributed by atoms with Gasteiger partial charge >= 0.3 is 0 Å². The zero-order valence-electron chi connectivity index (χ0n) is 13.3. The van der Waals surface area contributed by atoms with Crippen LogP contribution in [0.2, 0.25) is 5.28 Å². The average Bonchev–Trinajstić information content (AvgIpc) is 2.80. The third-order valence-corrected chi connectivity index (χ3v) is 4.80. The van der Waals surface area contributed by atoms with Crippen LogP contribution in [0, 0.1) is 5.92 Å². The van der Waals surface area contributed by atoms with E-state index in [2.05, 4.69) is 61.1 Å². The lowest BCUT2D eigenvalue weighted by Crippen LogP contribution is -2.36. The van der Waals surface area contributed by atoms with Gasteiger partial charge in [-0.1, -0.05) is 20.8 Å². The minimum absolute atomic E-state index is 0.307. The first-order valence-corrected chi connectivity index (χ1v) is 8.47. The average molecular weight is 327 g/mol. The molecule has 0 aliphatic rings. The Labute approximate surface area is 135 Å². The number of halogens is 1. The number of rotatable bonds is 6. The molecule has 2 rings (SSSR count). The highest BCUT2D eigenvalue weighted by Crippen LogP contribution is 2.31. The number of fused-ring (bicyclic) bond motifs is 1. The second-order valence-electron chi connectivity index (χ2n) is 5.88. The third kappa shape index (κ3) is 4.05. The van der Waals surface area contributed by atoms with Crippen LogP contribution in [0.15, 0.2) is 6.07 Å². The fourth-order valence-electron chi connectivity index (χ4n) is 2.22.